The number of aryl methyl sites for hydroxylation is 2. The molecule has 0 radical (unpaired) electrons. The minimum atomic E-state index is 0.445. The highest BCUT2D eigenvalue weighted by Gasteiger charge is 2.18. The van der Waals surface area contributed by atoms with Gasteiger partial charge in [0.2, 0.25) is 5.82 Å². The van der Waals surface area contributed by atoms with Crippen molar-refractivity contribution in [1.29, 1.82) is 0 Å². The van der Waals surface area contributed by atoms with Gasteiger partial charge in [-0.1, -0.05) is 11.2 Å². The number of aromatic nitrogens is 4. The zero-order valence-corrected chi connectivity index (χ0v) is 14.7. The summed E-state index contributed by atoms with van der Waals surface area (Å²) in [5, 5.41) is 4.14. The maximum atomic E-state index is 5.48. The molecule has 3 aromatic heterocycles. The van der Waals surface area contributed by atoms with E-state index in [9.17, 15) is 0 Å². The topological polar surface area (TPSA) is 67.9 Å². The largest absolute Gasteiger partial charge is 0.371 e. The molecule has 0 aromatic carbocycles. The second-order valence-corrected chi connectivity index (χ2v) is 7.03. The highest BCUT2D eigenvalue weighted by molar-refractivity contribution is 5.60. The van der Waals surface area contributed by atoms with Crippen LogP contribution in [0.4, 0.5) is 5.69 Å². The molecule has 2 aliphatic rings. The van der Waals surface area contributed by atoms with E-state index >= 15 is 0 Å². The van der Waals surface area contributed by atoms with Gasteiger partial charge >= 0.3 is 0 Å². The van der Waals surface area contributed by atoms with E-state index in [1.807, 2.05) is 24.4 Å². The molecule has 1 aliphatic heterocycles. The van der Waals surface area contributed by atoms with Gasteiger partial charge in [-0.25, -0.2) is 4.98 Å². The number of pyridine rings is 2. The SMILES string of the molecule is c1cc(N2CCCC2)cc(-c2nc(-c3ccc4c(n3)CCCC4)no2)n1. The van der Waals surface area contributed by atoms with E-state index in [1.165, 1.54) is 42.6 Å². The molecule has 0 amide bonds. The van der Waals surface area contributed by atoms with Crippen molar-refractivity contribution in [3.63, 3.8) is 0 Å². The minimum absolute atomic E-state index is 0.445. The Morgan fingerprint density at radius 1 is 0.885 bits per heavy atom. The summed E-state index contributed by atoms with van der Waals surface area (Å²) >= 11 is 0. The molecule has 1 fully saturated rings. The van der Waals surface area contributed by atoms with Crippen molar-refractivity contribution >= 4 is 5.69 Å². The second kappa shape index (κ2) is 6.52. The van der Waals surface area contributed by atoms with E-state index < -0.39 is 0 Å². The Morgan fingerprint density at radius 3 is 2.69 bits per heavy atom. The average Bonchev–Trinajstić information content (AvgIpc) is 3.40. The molecule has 0 saturated carbocycles. The smallest absolute Gasteiger partial charge is 0.276 e. The van der Waals surface area contributed by atoms with Crippen molar-refractivity contribution in [3.8, 4) is 23.1 Å². The molecular weight excluding hydrogens is 326 g/mol. The van der Waals surface area contributed by atoms with Crippen LogP contribution in [0.3, 0.4) is 0 Å². The molecule has 0 bridgehead atoms. The van der Waals surface area contributed by atoms with Crippen LogP contribution in [0.2, 0.25) is 0 Å². The summed E-state index contributed by atoms with van der Waals surface area (Å²) in [6.45, 7) is 2.19. The first-order chi connectivity index (χ1) is 12.9. The van der Waals surface area contributed by atoms with Gasteiger partial charge in [-0.05, 0) is 62.3 Å². The van der Waals surface area contributed by atoms with Crippen LogP contribution in [0.25, 0.3) is 23.1 Å². The van der Waals surface area contributed by atoms with Crippen LogP contribution in [0.1, 0.15) is 36.9 Å². The van der Waals surface area contributed by atoms with Gasteiger partial charge in [0.25, 0.3) is 5.89 Å². The molecule has 0 N–H and O–H groups in total. The lowest BCUT2D eigenvalue weighted by Crippen LogP contribution is -2.17. The van der Waals surface area contributed by atoms with Crippen molar-refractivity contribution in [2.24, 2.45) is 0 Å². The van der Waals surface area contributed by atoms with Gasteiger partial charge in [0.15, 0.2) is 0 Å². The third-order valence-corrected chi connectivity index (χ3v) is 5.27. The minimum Gasteiger partial charge on any atom is -0.371 e. The lowest BCUT2D eigenvalue weighted by Gasteiger charge is -2.17. The summed E-state index contributed by atoms with van der Waals surface area (Å²) in [6.07, 6.45) is 8.90. The molecule has 6 nitrogen and oxygen atoms in total. The Hall–Kier alpha value is -2.76. The normalized spacial score (nSPS) is 16.7. The van der Waals surface area contributed by atoms with Gasteiger partial charge in [-0.15, -0.1) is 0 Å². The predicted octanol–water partition coefficient (Wildman–Crippen LogP) is 3.67. The van der Waals surface area contributed by atoms with Crippen LogP contribution in [-0.4, -0.2) is 33.2 Å². The van der Waals surface area contributed by atoms with Crippen molar-refractivity contribution in [1.82, 2.24) is 20.1 Å². The fourth-order valence-corrected chi connectivity index (χ4v) is 3.85. The Labute approximate surface area is 152 Å². The van der Waals surface area contributed by atoms with E-state index in [0.717, 1.165) is 31.6 Å². The maximum absolute atomic E-state index is 5.48. The fraction of sp³-hybridized carbons (Fsp3) is 0.400. The molecule has 3 aromatic rings. The van der Waals surface area contributed by atoms with Crippen molar-refractivity contribution in [3.05, 3.63) is 41.7 Å². The Bertz CT molecular complexity index is 929. The van der Waals surface area contributed by atoms with Crippen molar-refractivity contribution in [2.75, 3.05) is 18.0 Å². The molecule has 6 heteroatoms. The van der Waals surface area contributed by atoms with Crippen LogP contribution in [0, 0.1) is 0 Å². The average molecular weight is 347 g/mol. The van der Waals surface area contributed by atoms with E-state index in [1.54, 1.807) is 0 Å². The van der Waals surface area contributed by atoms with Gasteiger partial charge in [-0.3, -0.25) is 4.98 Å². The lowest BCUT2D eigenvalue weighted by molar-refractivity contribution is 0.430. The van der Waals surface area contributed by atoms with Crippen LogP contribution in [0.5, 0.6) is 0 Å². The third-order valence-electron chi connectivity index (χ3n) is 5.27. The number of nitrogens with zero attached hydrogens (tertiary/aromatic N) is 5. The Balaban J connectivity index is 1.44. The quantitative estimate of drug-likeness (QED) is 0.720. The summed E-state index contributed by atoms with van der Waals surface area (Å²) in [5.74, 6) is 0.974. The van der Waals surface area contributed by atoms with E-state index in [0.29, 0.717) is 17.4 Å². The molecule has 4 heterocycles. The van der Waals surface area contributed by atoms with Gasteiger partial charge in [0, 0.05) is 30.7 Å². The van der Waals surface area contributed by atoms with E-state index in [-0.39, 0.29) is 0 Å². The highest BCUT2D eigenvalue weighted by Crippen LogP contribution is 2.27. The van der Waals surface area contributed by atoms with Crippen LogP contribution in [0.15, 0.2) is 35.0 Å². The lowest BCUT2D eigenvalue weighted by atomic mass is 9.96. The van der Waals surface area contributed by atoms with Crippen LogP contribution >= 0.6 is 0 Å². The second-order valence-electron chi connectivity index (χ2n) is 7.03. The first kappa shape index (κ1) is 15.5. The maximum Gasteiger partial charge on any atom is 0.276 e. The molecule has 5 rings (SSSR count). The first-order valence-corrected chi connectivity index (χ1v) is 9.41. The van der Waals surface area contributed by atoms with E-state index in [4.69, 9.17) is 9.51 Å². The molecular formula is C20H21N5O. The molecule has 132 valence electrons. The predicted molar refractivity (Wildman–Crippen MR) is 98.8 cm³/mol. The zero-order valence-electron chi connectivity index (χ0n) is 14.7. The van der Waals surface area contributed by atoms with Crippen LogP contribution in [-0.2, 0) is 12.8 Å². The molecule has 0 unspecified atom stereocenters. The first-order valence-electron chi connectivity index (χ1n) is 9.41. The third kappa shape index (κ3) is 2.85. The summed E-state index contributed by atoms with van der Waals surface area (Å²) in [5.41, 5.74) is 5.18. The number of hydrogen-bond acceptors (Lipinski definition) is 6. The van der Waals surface area contributed by atoms with Crippen LogP contribution < -0.4 is 4.90 Å². The number of anilines is 1. The standard InChI is InChI=1S/C20H21N5O/c1-2-6-16-14(5-1)7-8-17(22-16)19-23-20(26-24-19)18-13-15(9-10-21-18)25-11-3-4-12-25/h7-10,13H,1-6,11-12H2. The molecule has 1 saturated heterocycles. The summed E-state index contributed by atoms with van der Waals surface area (Å²) < 4.78 is 5.48. The summed E-state index contributed by atoms with van der Waals surface area (Å²) in [6, 6.07) is 8.21. The van der Waals surface area contributed by atoms with E-state index in [2.05, 4.69) is 26.1 Å². The zero-order chi connectivity index (χ0) is 17.3. The molecule has 0 spiro atoms. The van der Waals surface area contributed by atoms with Gasteiger partial charge in [0.1, 0.15) is 11.4 Å². The summed E-state index contributed by atoms with van der Waals surface area (Å²) in [7, 11) is 0. The van der Waals surface area contributed by atoms with Gasteiger partial charge in [0.05, 0.1) is 0 Å². The molecule has 1 aliphatic carbocycles. The Kier molecular flexibility index (Phi) is 3.88. The number of rotatable bonds is 3. The van der Waals surface area contributed by atoms with Crippen molar-refractivity contribution in [2.45, 2.75) is 38.5 Å². The Morgan fingerprint density at radius 2 is 1.77 bits per heavy atom. The molecule has 0 atom stereocenters. The number of hydrogen-bond donors (Lipinski definition) is 0. The molecule has 26 heavy (non-hydrogen) atoms. The summed E-state index contributed by atoms with van der Waals surface area (Å²) in [4.78, 5) is 16.1. The fourth-order valence-electron chi connectivity index (χ4n) is 3.85. The van der Waals surface area contributed by atoms with Crippen molar-refractivity contribution < 1.29 is 4.52 Å². The monoisotopic (exact) mass is 347 g/mol. The van der Waals surface area contributed by atoms with Gasteiger partial charge < -0.3 is 9.42 Å². The van der Waals surface area contributed by atoms with Gasteiger partial charge in [-0.2, -0.15) is 4.98 Å². The highest BCUT2D eigenvalue weighted by atomic mass is 16.5. The number of fused-ring (bicyclic) bond motifs is 1.